The Labute approximate surface area is 219 Å². The molecule has 0 amide bonds. The number of carbonyl (C=O) groups excluding carboxylic acids is 3. The molecule has 1 rings (SSSR count). The minimum Gasteiger partial charge on any atom is -0.460 e. The highest BCUT2D eigenvalue weighted by Crippen LogP contribution is 2.27. The van der Waals surface area contributed by atoms with Gasteiger partial charge in [0.25, 0.3) is 0 Å². The Hall–Kier alpha value is -2.95. The highest BCUT2D eigenvalue weighted by atomic mass is 16.9. The maximum absolute atomic E-state index is 12.0. The van der Waals surface area contributed by atoms with Crippen LogP contribution in [0.25, 0.3) is 0 Å². The summed E-state index contributed by atoms with van der Waals surface area (Å²) in [5.74, 6) is -2.62. The molecule has 0 aromatic carbocycles. The second kappa shape index (κ2) is 17.5. The van der Waals surface area contributed by atoms with E-state index in [1.54, 1.807) is 13.8 Å². The van der Waals surface area contributed by atoms with Gasteiger partial charge in [0.05, 0.1) is 32.2 Å². The van der Waals surface area contributed by atoms with E-state index in [0.29, 0.717) is 12.2 Å². The third kappa shape index (κ3) is 14.4. The van der Waals surface area contributed by atoms with E-state index >= 15 is 0 Å². The summed E-state index contributed by atoms with van der Waals surface area (Å²) in [6.07, 6.45) is 8.06. The Morgan fingerprint density at radius 3 is 1.84 bits per heavy atom. The van der Waals surface area contributed by atoms with Crippen LogP contribution >= 0.6 is 0 Å². The number of carbonyl (C=O) groups is 3. The molecule has 1 atom stereocenters. The van der Waals surface area contributed by atoms with Crippen LogP contribution in [0.2, 0.25) is 0 Å². The second-order valence-electron chi connectivity index (χ2n) is 8.61. The van der Waals surface area contributed by atoms with Crippen LogP contribution in [0.15, 0.2) is 49.3 Å². The van der Waals surface area contributed by atoms with Crippen molar-refractivity contribution in [3.05, 3.63) is 49.3 Å². The zero-order valence-corrected chi connectivity index (χ0v) is 22.2. The summed E-state index contributed by atoms with van der Waals surface area (Å²) >= 11 is 0. The number of hydrogen-bond acceptors (Lipinski definition) is 10. The summed E-state index contributed by atoms with van der Waals surface area (Å²) in [5.41, 5.74) is 0.651. The molecule has 0 N–H and O–H groups in total. The van der Waals surface area contributed by atoms with Crippen molar-refractivity contribution in [2.45, 2.75) is 58.5 Å². The fourth-order valence-electron chi connectivity index (χ4n) is 3.30. The average Bonchev–Trinajstić information content (AvgIpc) is 2.86. The van der Waals surface area contributed by atoms with E-state index in [1.165, 1.54) is 13.0 Å². The van der Waals surface area contributed by atoms with E-state index < -0.39 is 23.9 Å². The van der Waals surface area contributed by atoms with Crippen LogP contribution in [0, 0.1) is 5.92 Å². The van der Waals surface area contributed by atoms with Crippen molar-refractivity contribution >= 4 is 17.9 Å². The monoisotopic (exact) mass is 524 g/mol. The molecule has 1 aliphatic rings. The minimum atomic E-state index is -1.48. The molecule has 0 aromatic rings. The molecule has 0 saturated heterocycles. The van der Waals surface area contributed by atoms with Gasteiger partial charge >= 0.3 is 23.9 Å². The molecule has 0 bridgehead atoms. The SMILES string of the molecule is C=COC(C)(OCCOC(=O)C=CC1CCC(OCCOC(=O)C(=C)C)CC1)OCCOC(=O)C(=C)C. The fourth-order valence-corrected chi connectivity index (χ4v) is 3.30. The van der Waals surface area contributed by atoms with Gasteiger partial charge in [-0.3, -0.25) is 0 Å². The summed E-state index contributed by atoms with van der Waals surface area (Å²) in [5, 5.41) is 0. The largest absolute Gasteiger partial charge is 0.460 e. The molecule has 10 heteroatoms. The second-order valence-corrected chi connectivity index (χ2v) is 8.61. The van der Waals surface area contributed by atoms with Gasteiger partial charge in [-0.25, -0.2) is 14.4 Å². The molecule has 1 fully saturated rings. The molecule has 0 aromatic heterocycles. The van der Waals surface area contributed by atoms with Gasteiger partial charge in [0.2, 0.25) is 0 Å². The quantitative estimate of drug-likeness (QED) is 0.0655. The number of ether oxygens (including phenoxy) is 7. The lowest BCUT2D eigenvalue weighted by atomic mass is 9.87. The van der Waals surface area contributed by atoms with Crippen molar-refractivity contribution in [3.8, 4) is 0 Å². The molecule has 37 heavy (non-hydrogen) atoms. The van der Waals surface area contributed by atoms with E-state index in [-0.39, 0.29) is 50.6 Å². The maximum atomic E-state index is 12.0. The highest BCUT2D eigenvalue weighted by Gasteiger charge is 2.27. The van der Waals surface area contributed by atoms with E-state index in [0.717, 1.165) is 31.9 Å². The highest BCUT2D eigenvalue weighted by molar-refractivity contribution is 5.87. The Morgan fingerprint density at radius 2 is 1.32 bits per heavy atom. The molecule has 0 aliphatic heterocycles. The molecule has 0 spiro atoms. The van der Waals surface area contributed by atoms with Gasteiger partial charge in [0, 0.05) is 24.1 Å². The maximum Gasteiger partial charge on any atom is 0.333 e. The van der Waals surface area contributed by atoms with Gasteiger partial charge < -0.3 is 33.2 Å². The van der Waals surface area contributed by atoms with Crippen molar-refractivity contribution in [3.63, 3.8) is 0 Å². The lowest BCUT2D eigenvalue weighted by Crippen LogP contribution is -2.36. The number of allylic oxidation sites excluding steroid dienone is 1. The lowest BCUT2D eigenvalue weighted by Gasteiger charge is -2.28. The zero-order chi connectivity index (χ0) is 27.7. The minimum absolute atomic E-state index is 0.0101. The summed E-state index contributed by atoms with van der Waals surface area (Å²) in [4.78, 5) is 34.8. The van der Waals surface area contributed by atoms with E-state index in [2.05, 4.69) is 19.7 Å². The van der Waals surface area contributed by atoms with E-state index in [9.17, 15) is 14.4 Å². The van der Waals surface area contributed by atoms with E-state index in [1.807, 2.05) is 6.08 Å². The smallest absolute Gasteiger partial charge is 0.333 e. The molecular weight excluding hydrogens is 484 g/mol. The van der Waals surface area contributed by atoms with Gasteiger partial charge in [-0.05, 0) is 45.4 Å². The van der Waals surface area contributed by atoms with Crippen LogP contribution in [-0.2, 0) is 47.5 Å². The Kier molecular flexibility index (Phi) is 15.2. The molecule has 1 saturated carbocycles. The van der Waals surface area contributed by atoms with E-state index in [4.69, 9.17) is 33.2 Å². The standard InChI is InChI=1S/C27H40O10/c1-7-35-27(6,37-19-17-34-26(30)21(4)5)36-18-16-32-24(28)13-10-22-8-11-23(12-9-22)31-14-15-33-25(29)20(2)3/h7,10,13,22-23H,1-2,4,8-9,11-12,14-19H2,3,5-6H3. The van der Waals surface area contributed by atoms with Gasteiger partial charge in [-0.2, -0.15) is 0 Å². The van der Waals surface area contributed by atoms with Crippen molar-refractivity contribution in [2.75, 3.05) is 39.6 Å². The van der Waals surface area contributed by atoms with Crippen molar-refractivity contribution in [1.29, 1.82) is 0 Å². The molecule has 1 unspecified atom stereocenters. The normalized spacial score (nSPS) is 18.9. The van der Waals surface area contributed by atoms with Gasteiger partial charge in [0.1, 0.15) is 19.8 Å². The summed E-state index contributed by atoms with van der Waals surface area (Å²) in [7, 11) is 0. The zero-order valence-electron chi connectivity index (χ0n) is 22.2. The van der Waals surface area contributed by atoms with Crippen molar-refractivity contribution in [1.82, 2.24) is 0 Å². The molecule has 0 radical (unpaired) electrons. The molecule has 10 nitrogen and oxygen atoms in total. The van der Waals surface area contributed by atoms with Crippen molar-refractivity contribution in [2.24, 2.45) is 5.92 Å². The van der Waals surface area contributed by atoms with Crippen molar-refractivity contribution < 1.29 is 47.5 Å². The number of hydrogen-bond donors (Lipinski definition) is 0. The van der Waals surface area contributed by atoms with Gasteiger partial charge in [0.15, 0.2) is 0 Å². The third-order valence-electron chi connectivity index (χ3n) is 5.26. The molecule has 208 valence electrons. The third-order valence-corrected chi connectivity index (χ3v) is 5.26. The molecular formula is C27H40O10. The van der Waals surface area contributed by atoms with Crippen LogP contribution in [0.4, 0.5) is 0 Å². The van der Waals surface area contributed by atoms with Crippen LogP contribution in [0.3, 0.4) is 0 Å². The molecule has 1 aliphatic carbocycles. The topological polar surface area (TPSA) is 116 Å². The Bertz CT molecular complexity index is 810. The summed E-state index contributed by atoms with van der Waals surface area (Å²) in [6, 6.07) is 0. The number of esters is 3. The first-order chi connectivity index (χ1) is 17.6. The van der Waals surface area contributed by atoms with Crippen LogP contribution in [-0.4, -0.2) is 69.6 Å². The summed E-state index contributed by atoms with van der Waals surface area (Å²) < 4.78 is 37.2. The number of rotatable bonds is 18. The average molecular weight is 525 g/mol. The predicted octanol–water partition coefficient (Wildman–Crippen LogP) is 3.77. The van der Waals surface area contributed by atoms with Gasteiger partial charge in [-0.15, -0.1) is 0 Å². The Morgan fingerprint density at radius 1 is 0.811 bits per heavy atom. The summed E-state index contributed by atoms with van der Waals surface area (Å²) in [6.45, 7) is 15.7. The first-order valence-corrected chi connectivity index (χ1v) is 12.2. The first kappa shape index (κ1) is 32.1. The fraction of sp³-hybridized carbons (Fsp3) is 0.593. The first-order valence-electron chi connectivity index (χ1n) is 12.2. The van der Waals surface area contributed by atoms with Crippen LogP contribution in [0.1, 0.15) is 46.5 Å². The predicted molar refractivity (Wildman–Crippen MR) is 135 cm³/mol. The Balaban J connectivity index is 2.22. The van der Waals surface area contributed by atoms with Crippen LogP contribution < -0.4 is 0 Å². The van der Waals surface area contributed by atoms with Crippen LogP contribution in [0.5, 0.6) is 0 Å². The van der Waals surface area contributed by atoms with Gasteiger partial charge in [-0.1, -0.05) is 25.8 Å². The lowest BCUT2D eigenvalue weighted by molar-refractivity contribution is -0.352. The molecule has 0 heterocycles.